The molecule has 1 aromatic carbocycles. The van der Waals surface area contributed by atoms with Crippen molar-refractivity contribution in [1.29, 1.82) is 0 Å². The molecule has 2 heterocycles. The lowest BCUT2D eigenvalue weighted by atomic mass is 10.1. The van der Waals surface area contributed by atoms with E-state index in [1.165, 1.54) is 17.3 Å². The van der Waals surface area contributed by atoms with Crippen molar-refractivity contribution in [3.8, 4) is 11.4 Å². The summed E-state index contributed by atoms with van der Waals surface area (Å²) in [6, 6.07) is 7.80. The smallest absolute Gasteiger partial charge is 0.233 e. The van der Waals surface area contributed by atoms with Gasteiger partial charge in [0.25, 0.3) is 0 Å². The Kier molecular flexibility index (Phi) is 5.38. The van der Waals surface area contributed by atoms with Gasteiger partial charge in [0.2, 0.25) is 5.91 Å². The quantitative estimate of drug-likeness (QED) is 0.715. The third-order valence-corrected chi connectivity index (χ3v) is 7.37. The molecule has 9 heteroatoms. The average molecular weight is 395 g/mol. The molecule has 0 spiro atoms. The van der Waals surface area contributed by atoms with Crippen molar-refractivity contribution < 1.29 is 13.2 Å². The maximum Gasteiger partial charge on any atom is 0.233 e. The predicted octanol–water partition coefficient (Wildman–Crippen LogP) is 1.53. The van der Waals surface area contributed by atoms with Gasteiger partial charge in [-0.15, -0.1) is 10.2 Å². The molecule has 1 aliphatic heterocycles. The number of nitrogens with zero attached hydrogens (tertiary/aromatic N) is 4. The van der Waals surface area contributed by atoms with Crippen molar-refractivity contribution in [2.24, 2.45) is 7.05 Å². The summed E-state index contributed by atoms with van der Waals surface area (Å²) >= 11 is 1.31. The average Bonchev–Trinajstić information content (AvgIpc) is 3.15. The normalized spacial score (nSPS) is 18.8. The van der Waals surface area contributed by atoms with E-state index in [-0.39, 0.29) is 29.2 Å². The fraction of sp³-hybridized carbons (Fsp3) is 0.471. The molecule has 1 aliphatic rings. The van der Waals surface area contributed by atoms with Gasteiger partial charge >= 0.3 is 0 Å². The summed E-state index contributed by atoms with van der Waals surface area (Å²) in [4.78, 5) is 13.9. The fourth-order valence-electron chi connectivity index (χ4n) is 2.91. The van der Waals surface area contributed by atoms with Crippen LogP contribution in [0.2, 0.25) is 0 Å². The van der Waals surface area contributed by atoms with E-state index < -0.39 is 9.84 Å². The van der Waals surface area contributed by atoms with Gasteiger partial charge in [-0.25, -0.2) is 8.42 Å². The number of aryl methyl sites for hydroxylation is 1. The van der Waals surface area contributed by atoms with Crippen LogP contribution in [-0.4, -0.2) is 64.3 Å². The van der Waals surface area contributed by atoms with Crippen molar-refractivity contribution in [1.82, 2.24) is 19.7 Å². The van der Waals surface area contributed by atoms with Crippen LogP contribution in [0.15, 0.2) is 29.4 Å². The van der Waals surface area contributed by atoms with Crippen LogP contribution in [0, 0.1) is 6.92 Å². The SMILES string of the molecule is Cc1ccc(-c2nnc(SCC(=O)N(C)[C@H]3CCS(=O)(=O)C3)n2C)cc1. The molecule has 1 amide bonds. The lowest BCUT2D eigenvalue weighted by Crippen LogP contribution is -2.38. The number of benzene rings is 1. The van der Waals surface area contributed by atoms with Crippen molar-refractivity contribution in [2.75, 3.05) is 24.3 Å². The van der Waals surface area contributed by atoms with Crippen LogP contribution < -0.4 is 0 Å². The van der Waals surface area contributed by atoms with Crippen LogP contribution >= 0.6 is 11.8 Å². The topological polar surface area (TPSA) is 85.2 Å². The third kappa shape index (κ3) is 4.09. The Morgan fingerprint density at radius 1 is 1.31 bits per heavy atom. The number of carbonyl (C=O) groups is 1. The first-order valence-corrected chi connectivity index (χ1v) is 11.1. The molecule has 1 saturated heterocycles. The Bertz CT molecular complexity index is 907. The van der Waals surface area contributed by atoms with Gasteiger partial charge in [-0.1, -0.05) is 41.6 Å². The molecule has 1 atom stereocenters. The number of rotatable bonds is 5. The van der Waals surface area contributed by atoms with Crippen molar-refractivity contribution in [3.05, 3.63) is 29.8 Å². The second kappa shape index (κ2) is 7.40. The first-order chi connectivity index (χ1) is 12.3. The van der Waals surface area contributed by atoms with Crippen LogP contribution in [0.1, 0.15) is 12.0 Å². The zero-order valence-electron chi connectivity index (χ0n) is 15.0. The van der Waals surface area contributed by atoms with Crippen molar-refractivity contribution >= 4 is 27.5 Å². The summed E-state index contributed by atoms with van der Waals surface area (Å²) in [7, 11) is 0.534. The molecule has 0 bridgehead atoms. The monoisotopic (exact) mass is 394 g/mol. The molecule has 7 nitrogen and oxygen atoms in total. The van der Waals surface area contributed by atoms with Gasteiger partial charge in [-0.2, -0.15) is 0 Å². The number of hydrogen-bond donors (Lipinski definition) is 0. The molecule has 0 aliphatic carbocycles. The second-order valence-electron chi connectivity index (χ2n) is 6.58. The van der Waals surface area contributed by atoms with Gasteiger partial charge in [0, 0.05) is 25.7 Å². The maximum absolute atomic E-state index is 12.4. The molecule has 0 N–H and O–H groups in total. The number of aromatic nitrogens is 3. The van der Waals surface area contributed by atoms with Gasteiger partial charge in [-0.3, -0.25) is 4.79 Å². The predicted molar refractivity (Wildman–Crippen MR) is 102 cm³/mol. The van der Waals surface area contributed by atoms with Gasteiger partial charge in [-0.05, 0) is 13.3 Å². The van der Waals surface area contributed by atoms with Crippen molar-refractivity contribution in [2.45, 2.75) is 24.5 Å². The summed E-state index contributed by atoms with van der Waals surface area (Å²) in [5, 5.41) is 9.05. The van der Waals surface area contributed by atoms with Crippen molar-refractivity contribution in [3.63, 3.8) is 0 Å². The summed E-state index contributed by atoms with van der Waals surface area (Å²) < 4.78 is 25.0. The zero-order valence-corrected chi connectivity index (χ0v) is 16.7. The number of amides is 1. The van der Waals surface area contributed by atoms with E-state index in [4.69, 9.17) is 0 Å². The molecule has 0 unspecified atom stereocenters. The molecule has 0 radical (unpaired) electrons. The van der Waals surface area contributed by atoms with Gasteiger partial charge in [0.05, 0.1) is 17.3 Å². The van der Waals surface area contributed by atoms with E-state index in [1.807, 2.05) is 42.8 Å². The van der Waals surface area contributed by atoms with Gasteiger partial charge in [0.1, 0.15) is 0 Å². The Morgan fingerprint density at radius 3 is 2.62 bits per heavy atom. The van der Waals surface area contributed by atoms with Gasteiger partial charge in [0.15, 0.2) is 20.8 Å². The summed E-state index contributed by atoms with van der Waals surface area (Å²) in [5.74, 6) is 1.06. The van der Waals surface area contributed by atoms with E-state index in [0.717, 1.165) is 11.4 Å². The summed E-state index contributed by atoms with van der Waals surface area (Å²) in [6.45, 7) is 2.03. The Hall–Kier alpha value is -1.87. The molecule has 140 valence electrons. The standard InChI is InChI=1S/C17H22N4O3S2/c1-12-4-6-13(7-5-12)16-18-19-17(21(16)3)25-10-15(22)20(2)14-8-9-26(23,24)11-14/h4-7,14H,8-11H2,1-3H3/t14-/m0/s1. The fourth-order valence-corrected chi connectivity index (χ4v) is 5.52. The highest BCUT2D eigenvalue weighted by Crippen LogP contribution is 2.24. The van der Waals surface area contributed by atoms with Gasteiger partial charge < -0.3 is 9.47 Å². The molecule has 3 rings (SSSR count). The highest BCUT2D eigenvalue weighted by molar-refractivity contribution is 7.99. The van der Waals surface area contributed by atoms with E-state index in [1.54, 1.807) is 11.9 Å². The molecule has 1 aromatic heterocycles. The minimum Gasteiger partial charge on any atom is -0.341 e. The van der Waals surface area contributed by atoms with Crippen LogP contribution in [0.3, 0.4) is 0 Å². The molecule has 2 aromatic rings. The highest BCUT2D eigenvalue weighted by atomic mass is 32.2. The Balaban J connectivity index is 1.63. The first-order valence-electron chi connectivity index (χ1n) is 8.32. The Labute approximate surface area is 157 Å². The molecule has 26 heavy (non-hydrogen) atoms. The van der Waals surface area contributed by atoms with E-state index in [0.29, 0.717) is 11.6 Å². The summed E-state index contributed by atoms with van der Waals surface area (Å²) in [5.41, 5.74) is 2.14. The van der Waals surface area contributed by atoms with E-state index >= 15 is 0 Å². The number of hydrogen-bond acceptors (Lipinski definition) is 6. The van der Waals surface area contributed by atoms with Crippen LogP contribution in [0.25, 0.3) is 11.4 Å². The van der Waals surface area contributed by atoms with E-state index in [2.05, 4.69) is 10.2 Å². The Morgan fingerprint density at radius 2 is 2.00 bits per heavy atom. The lowest BCUT2D eigenvalue weighted by molar-refractivity contribution is -0.128. The number of carbonyl (C=O) groups excluding carboxylic acids is 1. The van der Waals surface area contributed by atoms with E-state index in [9.17, 15) is 13.2 Å². The lowest BCUT2D eigenvalue weighted by Gasteiger charge is -2.23. The highest BCUT2D eigenvalue weighted by Gasteiger charge is 2.32. The third-order valence-electron chi connectivity index (χ3n) is 4.62. The number of sulfone groups is 1. The second-order valence-corrected chi connectivity index (χ2v) is 9.75. The number of thioether (sulfide) groups is 1. The first kappa shape index (κ1) is 18.9. The molecular weight excluding hydrogens is 372 g/mol. The molecule has 1 fully saturated rings. The summed E-state index contributed by atoms with van der Waals surface area (Å²) in [6.07, 6.45) is 0.511. The van der Waals surface area contributed by atoms with Crippen LogP contribution in [-0.2, 0) is 21.7 Å². The zero-order chi connectivity index (χ0) is 18.9. The minimum atomic E-state index is -3.01. The van der Waals surface area contributed by atoms with Crippen LogP contribution in [0.5, 0.6) is 0 Å². The molecular formula is C17H22N4O3S2. The maximum atomic E-state index is 12.4. The van der Waals surface area contributed by atoms with Crippen LogP contribution in [0.4, 0.5) is 0 Å². The largest absolute Gasteiger partial charge is 0.341 e. The minimum absolute atomic E-state index is 0.0570. The molecule has 0 saturated carbocycles.